The van der Waals surface area contributed by atoms with Crippen molar-refractivity contribution in [3.8, 4) is 11.5 Å². The highest BCUT2D eigenvalue weighted by Gasteiger charge is 2.17. The molecule has 1 aliphatic rings. The number of rotatable bonds is 4. The van der Waals surface area contributed by atoms with Crippen molar-refractivity contribution >= 4 is 17.3 Å². The molecule has 2 aromatic carbocycles. The van der Waals surface area contributed by atoms with Gasteiger partial charge in [0.15, 0.2) is 11.6 Å². The van der Waals surface area contributed by atoms with E-state index in [1.54, 1.807) is 12.1 Å². The molecular formula is C16H15ClFNO2. The minimum atomic E-state index is -0.393. The maximum Gasteiger partial charge on any atom is 0.167 e. The first-order valence-corrected chi connectivity index (χ1v) is 7.06. The van der Waals surface area contributed by atoms with Crippen LogP contribution in [-0.2, 0) is 13.0 Å². The van der Waals surface area contributed by atoms with Crippen molar-refractivity contribution in [2.45, 2.75) is 13.0 Å². The molecule has 0 saturated carbocycles. The largest absolute Gasteiger partial charge is 0.494 e. The molecule has 110 valence electrons. The number of hydrogen-bond donors (Lipinski definition) is 1. The Labute approximate surface area is 127 Å². The first-order valence-electron chi connectivity index (χ1n) is 6.69. The van der Waals surface area contributed by atoms with Crippen molar-refractivity contribution in [2.75, 3.05) is 19.0 Å². The maximum absolute atomic E-state index is 13.6. The van der Waals surface area contributed by atoms with Crippen molar-refractivity contribution in [3.63, 3.8) is 0 Å². The van der Waals surface area contributed by atoms with Crippen molar-refractivity contribution in [2.24, 2.45) is 0 Å². The second-order valence-corrected chi connectivity index (χ2v) is 5.29. The molecule has 3 rings (SSSR count). The summed E-state index contributed by atoms with van der Waals surface area (Å²) in [5.41, 5.74) is 2.78. The molecule has 0 bridgehead atoms. The van der Waals surface area contributed by atoms with Gasteiger partial charge in [-0.25, -0.2) is 4.39 Å². The fraction of sp³-hybridized carbons (Fsp3) is 0.250. The fourth-order valence-electron chi connectivity index (χ4n) is 2.45. The third-order valence-corrected chi connectivity index (χ3v) is 3.68. The van der Waals surface area contributed by atoms with Gasteiger partial charge in [-0.05, 0) is 29.8 Å². The molecule has 21 heavy (non-hydrogen) atoms. The first-order chi connectivity index (χ1) is 10.2. The Hall–Kier alpha value is -1.94. The van der Waals surface area contributed by atoms with Gasteiger partial charge in [-0.3, -0.25) is 0 Å². The van der Waals surface area contributed by atoms with Gasteiger partial charge in [0.1, 0.15) is 5.75 Å². The van der Waals surface area contributed by atoms with Crippen LogP contribution in [0.25, 0.3) is 0 Å². The summed E-state index contributed by atoms with van der Waals surface area (Å²) in [6.45, 7) is 1.20. The summed E-state index contributed by atoms with van der Waals surface area (Å²) < 4.78 is 24.2. The normalized spacial score (nSPS) is 12.7. The molecule has 0 aliphatic carbocycles. The third kappa shape index (κ3) is 2.90. The average Bonchev–Trinajstić information content (AvgIpc) is 2.93. The highest BCUT2D eigenvalue weighted by atomic mass is 35.5. The van der Waals surface area contributed by atoms with Gasteiger partial charge < -0.3 is 14.8 Å². The summed E-state index contributed by atoms with van der Waals surface area (Å²) in [4.78, 5) is 0. The van der Waals surface area contributed by atoms with E-state index in [9.17, 15) is 4.39 Å². The smallest absolute Gasteiger partial charge is 0.167 e. The molecule has 1 aliphatic heterocycles. The number of halogens is 2. The molecule has 0 atom stereocenters. The molecule has 5 heteroatoms. The summed E-state index contributed by atoms with van der Waals surface area (Å²) in [5.74, 6) is 0.725. The Balaban J connectivity index is 1.78. The van der Waals surface area contributed by atoms with Gasteiger partial charge in [-0.2, -0.15) is 0 Å². The summed E-state index contributed by atoms with van der Waals surface area (Å²) in [6.07, 6.45) is 0.875. The Morgan fingerprint density at radius 2 is 2.19 bits per heavy atom. The van der Waals surface area contributed by atoms with Crippen molar-refractivity contribution in [1.82, 2.24) is 0 Å². The van der Waals surface area contributed by atoms with E-state index in [-0.39, 0.29) is 5.75 Å². The molecule has 1 N–H and O–H groups in total. The molecule has 0 saturated heterocycles. The van der Waals surface area contributed by atoms with Crippen LogP contribution in [0.1, 0.15) is 11.1 Å². The Morgan fingerprint density at radius 1 is 1.33 bits per heavy atom. The summed E-state index contributed by atoms with van der Waals surface area (Å²) in [7, 11) is 1.44. The maximum atomic E-state index is 13.6. The van der Waals surface area contributed by atoms with Crippen LogP contribution in [0.3, 0.4) is 0 Å². The summed E-state index contributed by atoms with van der Waals surface area (Å²) in [5, 5.41) is 3.87. The van der Waals surface area contributed by atoms with Gasteiger partial charge in [-0.1, -0.05) is 11.6 Å². The SMILES string of the molecule is COc1ccc(NCc2cc(Cl)cc3c2OCC3)cc1F. The van der Waals surface area contributed by atoms with Gasteiger partial charge in [0.2, 0.25) is 0 Å². The molecular weight excluding hydrogens is 293 g/mol. The number of nitrogens with one attached hydrogen (secondary N) is 1. The van der Waals surface area contributed by atoms with E-state index in [4.69, 9.17) is 21.1 Å². The second-order valence-electron chi connectivity index (χ2n) is 4.85. The van der Waals surface area contributed by atoms with Crippen LogP contribution in [0, 0.1) is 5.82 Å². The van der Waals surface area contributed by atoms with Gasteiger partial charge in [0.05, 0.1) is 13.7 Å². The predicted molar refractivity (Wildman–Crippen MR) is 80.9 cm³/mol. The van der Waals surface area contributed by atoms with Crippen LogP contribution in [0.5, 0.6) is 11.5 Å². The van der Waals surface area contributed by atoms with Gasteiger partial charge in [0.25, 0.3) is 0 Å². The minimum absolute atomic E-state index is 0.229. The number of ether oxygens (including phenoxy) is 2. The Bertz CT molecular complexity index is 676. The third-order valence-electron chi connectivity index (χ3n) is 3.46. The lowest BCUT2D eigenvalue weighted by atomic mass is 10.1. The molecule has 1 heterocycles. The second kappa shape index (κ2) is 5.82. The van der Waals surface area contributed by atoms with E-state index in [2.05, 4.69) is 5.32 Å². The number of fused-ring (bicyclic) bond motifs is 1. The van der Waals surface area contributed by atoms with Gasteiger partial charge in [-0.15, -0.1) is 0 Å². The lowest BCUT2D eigenvalue weighted by molar-refractivity contribution is 0.354. The van der Waals surface area contributed by atoms with Gasteiger partial charge >= 0.3 is 0 Å². The zero-order valence-electron chi connectivity index (χ0n) is 11.6. The minimum Gasteiger partial charge on any atom is -0.494 e. The summed E-state index contributed by atoms with van der Waals surface area (Å²) in [6, 6.07) is 8.58. The number of anilines is 1. The van der Waals surface area contributed by atoms with Crippen LogP contribution in [0.2, 0.25) is 5.02 Å². The standard InChI is InChI=1S/C16H15ClFNO2/c1-20-15-3-2-13(8-14(15)18)19-9-11-7-12(17)6-10-4-5-21-16(10)11/h2-3,6-8,19H,4-5,9H2,1H3. The molecule has 0 unspecified atom stereocenters. The molecule has 0 aromatic heterocycles. The number of hydrogen-bond acceptors (Lipinski definition) is 3. The molecule has 3 nitrogen and oxygen atoms in total. The lowest BCUT2D eigenvalue weighted by Crippen LogP contribution is -2.02. The van der Waals surface area contributed by atoms with E-state index in [1.165, 1.54) is 13.2 Å². The Morgan fingerprint density at radius 3 is 2.95 bits per heavy atom. The number of methoxy groups -OCH3 is 1. The zero-order valence-corrected chi connectivity index (χ0v) is 12.3. The molecule has 0 amide bonds. The lowest BCUT2D eigenvalue weighted by Gasteiger charge is -2.12. The quantitative estimate of drug-likeness (QED) is 0.925. The molecule has 0 fully saturated rings. The van der Waals surface area contributed by atoms with Crippen LogP contribution in [0.4, 0.5) is 10.1 Å². The molecule has 0 spiro atoms. The predicted octanol–water partition coefficient (Wildman–Crippen LogP) is 4.03. The van der Waals surface area contributed by atoms with E-state index in [1.807, 2.05) is 12.1 Å². The highest BCUT2D eigenvalue weighted by molar-refractivity contribution is 6.30. The monoisotopic (exact) mass is 307 g/mol. The van der Waals surface area contributed by atoms with E-state index >= 15 is 0 Å². The van der Waals surface area contributed by atoms with Crippen molar-refractivity contribution < 1.29 is 13.9 Å². The summed E-state index contributed by atoms with van der Waals surface area (Å²) >= 11 is 6.12. The first kappa shape index (κ1) is 14.0. The molecule has 0 radical (unpaired) electrons. The van der Waals surface area contributed by atoms with Crippen molar-refractivity contribution in [1.29, 1.82) is 0 Å². The van der Waals surface area contributed by atoms with E-state index in [0.717, 1.165) is 23.3 Å². The topological polar surface area (TPSA) is 30.5 Å². The van der Waals surface area contributed by atoms with Gasteiger partial charge in [0, 0.05) is 35.3 Å². The van der Waals surface area contributed by atoms with E-state index in [0.29, 0.717) is 23.9 Å². The Kier molecular flexibility index (Phi) is 3.88. The molecule has 2 aromatic rings. The van der Waals surface area contributed by atoms with Crippen LogP contribution in [-0.4, -0.2) is 13.7 Å². The average molecular weight is 308 g/mol. The van der Waals surface area contributed by atoms with Crippen LogP contribution < -0.4 is 14.8 Å². The fourth-order valence-corrected chi connectivity index (χ4v) is 2.71. The van der Waals surface area contributed by atoms with E-state index < -0.39 is 5.82 Å². The number of benzene rings is 2. The zero-order chi connectivity index (χ0) is 14.8. The van der Waals surface area contributed by atoms with Crippen LogP contribution >= 0.6 is 11.6 Å². The van der Waals surface area contributed by atoms with Crippen molar-refractivity contribution in [3.05, 3.63) is 52.3 Å². The van der Waals surface area contributed by atoms with Crippen LogP contribution in [0.15, 0.2) is 30.3 Å². The highest BCUT2D eigenvalue weighted by Crippen LogP contribution is 2.33.